The Labute approximate surface area is 116 Å². The van der Waals surface area contributed by atoms with Crippen LogP contribution in [-0.2, 0) is 21.1 Å². The van der Waals surface area contributed by atoms with Gasteiger partial charge in [-0.25, -0.2) is 4.79 Å². The first kappa shape index (κ1) is 14.1. The zero-order valence-electron chi connectivity index (χ0n) is 8.97. The van der Waals surface area contributed by atoms with E-state index in [1.807, 2.05) is 4.98 Å². The number of hydrogen-bond donors (Lipinski definition) is 2. The fourth-order valence-electron chi connectivity index (χ4n) is 1.18. The van der Waals surface area contributed by atoms with Crippen LogP contribution in [0.4, 0.5) is 5.69 Å². The van der Waals surface area contributed by atoms with Gasteiger partial charge in [-0.3, -0.25) is 9.78 Å². The van der Waals surface area contributed by atoms with E-state index in [0.717, 1.165) is 6.20 Å². The van der Waals surface area contributed by atoms with Crippen molar-refractivity contribution >= 4 is 11.6 Å². The van der Waals surface area contributed by atoms with Crippen molar-refractivity contribution in [2.75, 3.05) is 0 Å². The zero-order chi connectivity index (χ0) is 12.3. The Balaban J connectivity index is 0.00000162. The van der Waals surface area contributed by atoms with Crippen LogP contribution >= 0.6 is 0 Å². The van der Waals surface area contributed by atoms with Gasteiger partial charge in [0.1, 0.15) is 0 Å². The van der Waals surface area contributed by atoms with Gasteiger partial charge >= 0.3 is 26.8 Å². The predicted octanol–water partition coefficient (Wildman–Crippen LogP) is 0.706. The largest absolute Gasteiger partial charge is 2.00 e. The van der Waals surface area contributed by atoms with Crippen molar-refractivity contribution in [2.24, 2.45) is 0 Å². The summed E-state index contributed by atoms with van der Waals surface area (Å²) in [6.45, 7) is 0. The molecular weight excluding hydrogens is 406 g/mol. The quantitative estimate of drug-likeness (QED) is 0.710. The fraction of sp³-hybridized carbons (Fsp3) is 0. The van der Waals surface area contributed by atoms with Crippen LogP contribution in [-0.4, -0.2) is 15.9 Å². The summed E-state index contributed by atoms with van der Waals surface area (Å²) < 4.78 is 0. The molecule has 1 aromatic carbocycles. The van der Waals surface area contributed by atoms with Crippen molar-refractivity contribution in [3.63, 3.8) is 0 Å². The van der Waals surface area contributed by atoms with E-state index in [1.54, 1.807) is 18.2 Å². The molecular formula is C11H7N3O3W. The van der Waals surface area contributed by atoms with Gasteiger partial charge in [0.25, 0.3) is 0 Å². The van der Waals surface area contributed by atoms with Gasteiger partial charge in [0.2, 0.25) is 5.56 Å². The predicted molar refractivity (Wildman–Crippen MR) is 60.3 cm³/mol. The van der Waals surface area contributed by atoms with Crippen molar-refractivity contribution in [1.82, 2.24) is 9.97 Å². The molecule has 0 bridgehead atoms. The van der Waals surface area contributed by atoms with Crippen molar-refractivity contribution in [2.45, 2.75) is 0 Å². The summed E-state index contributed by atoms with van der Waals surface area (Å²) in [5.41, 5.74) is -1.25. The molecule has 0 aliphatic carbocycles. The third kappa shape index (κ3) is 3.27. The van der Waals surface area contributed by atoms with E-state index in [2.05, 4.69) is 16.4 Å². The number of aromatic amines is 2. The molecule has 1 heterocycles. The number of benzene rings is 1. The topological polar surface area (TPSA) is 96.9 Å². The van der Waals surface area contributed by atoms with Gasteiger partial charge in [-0.2, -0.15) is 0 Å². The molecule has 2 N–H and O–H groups in total. The first-order valence-electron chi connectivity index (χ1n) is 4.71. The maximum Gasteiger partial charge on any atom is 2.00 e. The average Bonchev–Trinajstić information content (AvgIpc) is 2.34. The Morgan fingerprint density at radius 3 is 2.67 bits per heavy atom. The number of nitrogens with one attached hydrogen (secondary N) is 2. The minimum absolute atomic E-state index is 0. The van der Waals surface area contributed by atoms with E-state index in [1.165, 1.54) is 6.07 Å². The Morgan fingerprint density at radius 1 is 1.28 bits per heavy atom. The molecule has 90 valence electrons. The van der Waals surface area contributed by atoms with Crippen LogP contribution in [0.2, 0.25) is 0 Å². The number of amides is 1. The van der Waals surface area contributed by atoms with Gasteiger partial charge < -0.3 is 15.1 Å². The van der Waals surface area contributed by atoms with Crippen LogP contribution in [0.1, 0.15) is 10.4 Å². The standard InChI is InChI=1S/C11H8N3O3.W/c15-9(7-4-2-1-3-5-7)13-8-6-12-11(17)14-10(8)16;/h1-4,6H,(H3,12,13,14,15,16,17);/q-1;+2/p-1. The number of carbonyl (C=O) groups excluding carboxylic acids is 1. The first-order chi connectivity index (χ1) is 8.16. The summed E-state index contributed by atoms with van der Waals surface area (Å²) >= 11 is 0. The Hall–Kier alpha value is -1.94. The van der Waals surface area contributed by atoms with Crippen molar-refractivity contribution < 1.29 is 25.9 Å². The fourth-order valence-corrected chi connectivity index (χ4v) is 1.18. The minimum atomic E-state index is -0.710. The first-order valence-corrected chi connectivity index (χ1v) is 4.71. The number of hydrogen-bond acceptors (Lipinski definition) is 3. The summed E-state index contributed by atoms with van der Waals surface area (Å²) in [4.78, 5) is 37.8. The molecule has 0 fully saturated rings. The van der Waals surface area contributed by atoms with E-state index < -0.39 is 17.2 Å². The molecule has 1 aromatic heterocycles. The third-order valence-electron chi connectivity index (χ3n) is 1.96. The maximum atomic E-state index is 11.6. The molecule has 1 amide bonds. The number of rotatable bonds is 2. The Bertz CT molecular complexity index is 648. The number of aromatic nitrogens is 2. The molecule has 2 rings (SSSR count). The summed E-state index contributed by atoms with van der Waals surface area (Å²) in [6.07, 6.45) is 1.09. The molecule has 2 aromatic rings. The van der Waals surface area contributed by atoms with E-state index >= 15 is 0 Å². The Kier molecular flexibility index (Phi) is 4.80. The van der Waals surface area contributed by atoms with Gasteiger partial charge in [0.15, 0.2) is 0 Å². The van der Waals surface area contributed by atoms with Gasteiger partial charge in [-0.1, -0.05) is 5.69 Å². The van der Waals surface area contributed by atoms with Crippen LogP contribution in [0.5, 0.6) is 0 Å². The summed E-state index contributed by atoms with van der Waals surface area (Å²) in [5.74, 6) is -0.594. The van der Waals surface area contributed by atoms with Crippen LogP contribution in [0, 0.1) is 6.07 Å². The van der Waals surface area contributed by atoms with E-state index in [-0.39, 0.29) is 32.3 Å². The summed E-state index contributed by atoms with van der Waals surface area (Å²) in [7, 11) is 0. The van der Waals surface area contributed by atoms with Gasteiger partial charge in [0, 0.05) is 0 Å². The second kappa shape index (κ2) is 6.12. The number of H-pyrrole nitrogens is 2. The molecule has 0 atom stereocenters. The normalized spacial score (nSPS) is 9.33. The van der Waals surface area contributed by atoms with Gasteiger partial charge in [-0.05, 0) is 12.1 Å². The molecule has 0 unspecified atom stereocenters. The van der Waals surface area contributed by atoms with Crippen molar-refractivity contribution in [3.8, 4) is 0 Å². The second-order valence-corrected chi connectivity index (χ2v) is 3.15. The van der Waals surface area contributed by atoms with Crippen LogP contribution in [0.25, 0.3) is 5.32 Å². The molecule has 0 spiro atoms. The van der Waals surface area contributed by atoms with Crippen LogP contribution in [0.3, 0.4) is 0 Å². The smallest absolute Gasteiger partial charge is 0.662 e. The third-order valence-corrected chi connectivity index (χ3v) is 1.96. The molecule has 0 aliphatic rings. The van der Waals surface area contributed by atoms with Crippen molar-refractivity contribution in [1.29, 1.82) is 0 Å². The molecule has 0 saturated carbocycles. The number of nitrogens with zero attached hydrogens (tertiary/aromatic N) is 1. The average molecular weight is 413 g/mol. The molecule has 0 saturated heterocycles. The minimum Gasteiger partial charge on any atom is -0.662 e. The van der Waals surface area contributed by atoms with E-state index in [9.17, 15) is 14.4 Å². The molecule has 7 heteroatoms. The molecule has 18 heavy (non-hydrogen) atoms. The Morgan fingerprint density at radius 2 is 2.06 bits per heavy atom. The van der Waals surface area contributed by atoms with Gasteiger partial charge in [0.05, 0.1) is 0 Å². The zero-order valence-corrected chi connectivity index (χ0v) is 11.9. The SMILES string of the molecule is O=C([N-]c1c[nH]c(=O)[nH]c1=O)c1[c-]cccc1.[W+2]. The second-order valence-electron chi connectivity index (χ2n) is 3.15. The summed E-state index contributed by atoms with van der Waals surface area (Å²) in [5, 5.41) is 3.59. The van der Waals surface area contributed by atoms with E-state index in [0.29, 0.717) is 0 Å². The van der Waals surface area contributed by atoms with Crippen molar-refractivity contribution in [3.05, 3.63) is 68.2 Å². The van der Waals surface area contributed by atoms with Gasteiger partial charge in [-0.15, -0.1) is 35.9 Å². The number of carbonyl (C=O) groups is 1. The van der Waals surface area contributed by atoms with Crippen LogP contribution in [0.15, 0.2) is 40.1 Å². The molecule has 0 aliphatic heterocycles. The maximum absolute atomic E-state index is 11.6. The van der Waals surface area contributed by atoms with E-state index in [4.69, 9.17) is 0 Å². The molecule has 0 radical (unpaired) electrons. The monoisotopic (exact) mass is 413 g/mol. The summed E-state index contributed by atoms with van der Waals surface area (Å²) in [6, 6.07) is 9.17. The van der Waals surface area contributed by atoms with Crippen LogP contribution < -0.4 is 11.2 Å². The molecule has 6 nitrogen and oxygen atoms in total.